The van der Waals surface area contributed by atoms with Crippen LogP contribution in [0.1, 0.15) is 45.7 Å². The largest absolute Gasteiger partial charge is 0.471 e. The summed E-state index contributed by atoms with van der Waals surface area (Å²) in [4.78, 5) is 8.95. The average molecular weight is 279 g/mol. The molecule has 0 saturated carbocycles. The molecule has 0 aliphatic rings. The zero-order valence-electron chi connectivity index (χ0n) is 13.5. The first-order valence-electron chi connectivity index (χ1n) is 6.49. The van der Waals surface area contributed by atoms with Gasteiger partial charge in [0.25, 0.3) is 12.7 Å². The second kappa shape index (κ2) is 10.9. The van der Waals surface area contributed by atoms with Gasteiger partial charge in [0.05, 0.1) is 7.11 Å². The number of rotatable bonds is 2. The quantitative estimate of drug-likeness (QED) is 0.607. The van der Waals surface area contributed by atoms with E-state index in [1.54, 1.807) is 6.26 Å². The van der Waals surface area contributed by atoms with Crippen LogP contribution in [0, 0.1) is 18.4 Å². The first kappa shape index (κ1) is 20.3. The van der Waals surface area contributed by atoms with E-state index in [9.17, 15) is 0 Å². The number of ether oxygens (including phenoxy) is 2. The lowest BCUT2D eigenvalue weighted by atomic mass is 9.86. The summed E-state index contributed by atoms with van der Waals surface area (Å²) in [5, 5.41) is 8.43. The third-order valence-corrected chi connectivity index (χ3v) is 2.18. The predicted molar refractivity (Wildman–Crippen MR) is 80.5 cm³/mol. The Morgan fingerprint density at radius 1 is 1.20 bits per heavy atom. The van der Waals surface area contributed by atoms with E-state index in [4.69, 9.17) is 14.8 Å². The SMILES string of the molecule is CC.COC=O.Cc1cc(OC#N)cc(C(C)(C)C)c1. The third-order valence-electron chi connectivity index (χ3n) is 2.18. The van der Waals surface area contributed by atoms with Crippen LogP contribution < -0.4 is 4.74 Å². The van der Waals surface area contributed by atoms with Crippen LogP contribution in [0.4, 0.5) is 0 Å². The van der Waals surface area contributed by atoms with Gasteiger partial charge in [0, 0.05) is 0 Å². The van der Waals surface area contributed by atoms with Crippen LogP contribution in [-0.4, -0.2) is 13.6 Å². The van der Waals surface area contributed by atoms with Crippen LogP contribution in [0.5, 0.6) is 5.75 Å². The number of nitrogens with zero attached hydrogens (tertiary/aromatic N) is 1. The van der Waals surface area contributed by atoms with Crippen LogP contribution in [0.25, 0.3) is 0 Å². The lowest BCUT2D eigenvalue weighted by Gasteiger charge is -2.19. The molecule has 0 amide bonds. The number of hydrogen-bond acceptors (Lipinski definition) is 4. The number of carbonyl (C=O) groups excluding carboxylic acids is 1. The van der Waals surface area contributed by atoms with Crippen LogP contribution >= 0.6 is 0 Å². The molecule has 0 atom stereocenters. The number of carbonyl (C=O) groups is 1. The Hall–Kier alpha value is -2.02. The van der Waals surface area contributed by atoms with Gasteiger partial charge in [0.1, 0.15) is 5.75 Å². The lowest BCUT2D eigenvalue weighted by Crippen LogP contribution is -2.11. The normalized spacial score (nSPS) is 8.90. The molecule has 1 aromatic rings. The van der Waals surface area contributed by atoms with Crippen molar-refractivity contribution in [3.63, 3.8) is 0 Å². The van der Waals surface area contributed by atoms with E-state index in [2.05, 4.69) is 31.6 Å². The fourth-order valence-electron chi connectivity index (χ4n) is 1.29. The van der Waals surface area contributed by atoms with Crippen molar-refractivity contribution in [1.82, 2.24) is 0 Å². The molecule has 0 bridgehead atoms. The van der Waals surface area contributed by atoms with Crippen molar-refractivity contribution in [2.75, 3.05) is 7.11 Å². The maximum Gasteiger partial charge on any atom is 0.292 e. The molecule has 4 heteroatoms. The lowest BCUT2D eigenvalue weighted by molar-refractivity contribution is -0.126. The fraction of sp³-hybridized carbons (Fsp3) is 0.500. The fourth-order valence-corrected chi connectivity index (χ4v) is 1.29. The first-order chi connectivity index (χ1) is 9.35. The number of aryl methyl sites for hydroxylation is 1. The molecule has 20 heavy (non-hydrogen) atoms. The van der Waals surface area contributed by atoms with Gasteiger partial charge in [0.15, 0.2) is 0 Å². The zero-order chi connectivity index (χ0) is 16.2. The van der Waals surface area contributed by atoms with Gasteiger partial charge in [-0.1, -0.05) is 40.7 Å². The smallest absolute Gasteiger partial charge is 0.292 e. The molecule has 0 saturated heterocycles. The maximum atomic E-state index is 8.95. The van der Waals surface area contributed by atoms with E-state index in [1.165, 1.54) is 12.7 Å². The van der Waals surface area contributed by atoms with Crippen molar-refractivity contribution in [2.45, 2.75) is 47.0 Å². The summed E-state index contributed by atoms with van der Waals surface area (Å²) in [6, 6.07) is 5.89. The van der Waals surface area contributed by atoms with Crippen molar-refractivity contribution in [3.05, 3.63) is 29.3 Å². The molecule has 0 spiro atoms. The molecule has 0 N–H and O–H groups in total. The minimum atomic E-state index is 0.0829. The Morgan fingerprint density at radius 3 is 2.05 bits per heavy atom. The Bertz CT molecular complexity index is 428. The second-order valence-corrected chi connectivity index (χ2v) is 4.81. The highest BCUT2D eigenvalue weighted by molar-refractivity contribution is 5.37. The number of benzene rings is 1. The standard InChI is InChI=1S/C12H15NO.C2H4O2.C2H6/c1-9-5-10(12(2,3)4)7-11(6-9)14-8-13;1-4-2-3;1-2/h5-7H,1-4H3;2H,1H3;1-2H3. The minimum Gasteiger partial charge on any atom is -0.471 e. The molecule has 112 valence electrons. The van der Waals surface area contributed by atoms with E-state index in [-0.39, 0.29) is 5.41 Å². The second-order valence-electron chi connectivity index (χ2n) is 4.81. The minimum absolute atomic E-state index is 0.0829. The monoisotopic (exact) mass is 279 g/mol. The number of methoxy groups -OCH3 is 1. The maximum absolute atomic E-state index is 8.95. The molecule has 0 unspecified atom stereocenters. The van der Waals surface area contributed by atoms with E-state index >= 15 is 0 Å². The van der Waals surface area contributed by atoms with Gasteiger partial charge in [0.2, 0.25) is 0 Å². The van der Waals surface area contributed by atoms with Crippen LogP contribution in [0.2, 0.25) is 0 Å². The Labute approximate surface area is 122 Å². The molecule has 0 aromatic heterocycles. The predicted octanol–water partition coefficient (Wildman–Crippen LogP) is 3.97. The molecule has 0 aliphatic heterocycles. The summed E-state index contributed by atoms with van der Waals surface area (Å²) >= 11 is 0. The summed E-state index contributed by atoms with van der Waals surface area (Å²) in [6.07, 6.45) is 1.69. The highest BCUT2D eigenvalue weighted by Gasteiger charge is 2.14. The van der Waals surface area contributed by atoms with Crippen molar-refractivity contribution in [2.24, 2.45) is 0 Å². The zero-order valence-corrected chi connectivity index (χ0v) is 13.5. The van der Waals surface area contributed by atoms with E-state index in [1.807, 2.05) is 32.9 Å². The van der Waals surface area contributed by atoms with Gasteiger partial charge in [-0.25, -0.2) is 0 Å². The molecule has 0 radical (unpaired) electrons. The van der Waals surface area contributed by atoms with Crippen LogP contribution in [0.15, 0.2) is 18.2 Å². The highest BCUT2D eigenvalue weighted by atomic mass is 16.5. The summed E-state index contributed by atoms with van der Waals surface area (Å²) in [6.45, 7) is 12.8. The Morgan fingerprint density at radius 2 is 1.70 bits per heavy atom. The van der Waals surface area contributed by atoms with Crippen molar-refractivity contribution < 1.29 is 14.3 Å². The van der Waals surface area contributed by atoms with Gasteiger partial charge in [-0.05, 0) is 35.6 Å². The summed E-state index contributed by atoms with van der Waals surface area (Å²) < 4.78 is 8.69. The van der Waals surface area contributed by atoms with Crippen molar-refractivity contribution in [3.8, 4) is 12.0 Å². The topological polar surface area (TPSA) is 59.3 Å². The van der Waals surface area contributed by atoms with E-state index in [0.717, 1.165) is 5.56 Å². The van der Waals surface area contributed by atoms with Gasteiger partial charge in [-0.3, -0.25) is 4.79 Å². The summed E-state index contributed by atoms with van der Waals surface area (Å²) in [5.41, 5.74) is 2.38. The van der Waals surface area contributed by atoms with Crippen molar-refractivity contribution in [1.29, 1.82) is 5.26 Å². The molecule has 4 nitrogen and oxygen atoms in total. The molecule has 0 aliphatic carbocycles. The van der Waals surface area contributed by atoms with Crippen LogP contribution in [0.3, 0.4) is 0 Å². The van der Waals surface area contributed by atoms with Gasteiger partial charge in [-0.15, -0.1) is 5.26 Å². The Balaban J connectivity index is 0. The molecule has 1 rings (SSSR count). The molecular weight excluding hydrogens is 254 g/mol. The van der Waals surface area contributed by atoms with E-state index in [0.29, 0.717) is 12.2 Å². The number of nitriles is 1. The Kier molecular flexibility index (Phi) is 11.0. The number of hydrogen-bond donors (Lipinski definition) is 0. The van der Waals surface area contributed by atoms with Gasteiger partial charge < -0.3 is 9.47 Å². The molecule has 0 fully saturated rings. The van der Waals surface area contributed by atoms with Crippen LogP contribution in [-0.2, 0) is 14.9 Å². The van der Waals surface area contributed by atoms with Gasteiger partial charge >= 0.3 is 0 Å². The first-order valence-corrected chi connectivity index (χ1v) is 6.49. The van der Waals surface area contributed by atoms with E-state index < -0.39 is 0 Å². The molecular formula is C16H25NO3. The highest BCUT2D eigenvalue weighted by Crippen LogP contribution is 2.27. The summed E-state index contributed by atoms with van der Waals surface area (Å²) in [7, 11) is 1.31. The molecule has 0 heterocycles. The molecule has 1 aromatic carbocycles. The third kappa shape index (κ3) is 8.98. The average Bonchev–Trinajstić information content (AvgIpc) is 2.40. The van der Waals surface area contributed by atoms with Crippen molar-refractivity contribution >= 4 is 6.47 Å². The van der Waals surface area contributed by atoms with Gasteiger partial charge in [-0.2, -0.15) is 0 Å². The summed E-state index contributed by atoms with van der Waals surface area (Å²) in [5.74, 6) is 0.623.